The number of carbonyl (C=O) groups is 2. The van der Waals surface area contributed by atoms with Crippen LogP contribution in [0.1, 0.15) is 101 Å². The summed E-state index contributed by atoms with van der Waals surface area (Å²) in [4.78, 5) is 36.1. The van der Waals surface area contributed by atoms with Gasteiger partial charge in [0.15, 0.2) is 0 Å². The van der Waals surface area contributed by atoms with Gasteiger partial charge in [0, 0.05) is 26.8 Å². The Kier molecular flexibility index (Phi) is 15.8. The molecule has 0 bridgehead atoms. The highest BCUT2D eigenvalue weighted by Gasteiger charge is 2.33. The van der Waals surface area contributed by atoms with Gasteiger partial charge in [0.05, 0.1) is 11.2 Å². The van der Waals surface area contributed by atoms with Gasteiger partial charge in [0.25, 0.3) is 0 Å². The number of ether oxygens (including phenoxy) is 4. The number of carbonyl (C=O) groups excluding carboxylic acids is 2. The zero-order chi connectivity index (χ0) is 36.3. The van der Waals surface area contributed by atoms with Crippen molar-refractivity contribution < 1.29 is 28.5 Å². The van der Waals surface area contributed by atoms with E-state index in [1.54, 1.807) is 24.1 Å². The van der Waals surface area contributed by atoms with Crippen LogP contribution in [0.5, 0.6) is 0 Å². The Balaban J connectivity index is 0.000000284. The predicted molar refractivity (Wildman–Crippen MR) is 199 cm³/mol. The minimum atomic E-state index is -0.545. The van der Waals surface area contributed by atoms with Gasteiger partial charge in [-0.1, -0.05) is 12.1 Å². The number of rotatable bonds is 4. The number of nitrogens with zero attached hydrogens (tertiary/aromatic N) is 4. The van der Waals surface area contributed by atoms with Gasteiger partial charge in [0.2, 0.25) is 0 Å². The van der Waals surface area contributed by atoms with E-state index >= 15 is 0 Å². The molecule has 0 aliphatic carbocycles. The number of amides is 2. The zero-order valence-corrected chi connectivity index (χ0v) is 33.9. The molecule has 2 aromatic heterocycles. The first-order valence-electron chi connectivity index (χ1n) is 16.6. The van der Waals surface area contributed by atoms with E-state index in [9.17, 15) is 9.59 Å². The molecule has 4 heterocycles. The first kappa shape index (κ1) is 41.9. The molecule has 0 spiro atoms. The van der Waals surface area contributed by atoms with E-state index in [4.69, 9.17) is 18.9 Å². The maximum absolute atomic E-state index is 12.7. The molecule has 2 aliphatic heterocycles. The van der Waals surface area contributed by atoms with Crippen LogP contribution in [0.4, 0.5) is 21.2 Å². The van der Waals surface area contributed by atoms with Crippen molar-refractivity contribution in [1.82, 2.24) is 9.97 Å². The Hall–Kier alpha value is -2.28. The molecule has 48 heavy (non-hydrogen) atoms. The fraction of sp³-hybridized carbons (Fsp3) is 0.667. The highest BCUT2D eigenvalue weighted by atomic mass is 79.9. The van der Waals surface area contributed by atoms with E-state index in [-0.39, 0.29) is 17.3 Å². The van der Waals surface area contributed by atoms with E-state index in [0.29, 0.717) is 39.9 Å². The lowest BCUT2D eigenvalue weighted by Crippen LogP contribution is -2.44. The fourth-order valence-corrected chi connectivity index (χ4v) is 5.65. The van der Waals surface area contributed by atoms with Gasteiger partial charge >= 0.3 is 12.2 Å². The maximum atomic E-state index is 12.7. The molecule has 0 N–H and O–H groups in total. The first-order valence-corrected chi connectivity index (χ1v) is 18.1. The van der Waals surface area contributed by atoms with E-state index in [1.807, 2.05) is 65.8 Å². The summed E-state index contributed by atoms with van der Waals surface area (Å²) in [6.07, 6.45) is 4.87. The van der Waals surface area contributed by atoms with Crippen LogP contribution in [0.2, 0.25) is 0 Å². The van der Waals surface area contributed by atoms with Crippen LogP contribution in [-0.4, -0.2) is 71.4 Å². The van der Waals surface area contributed by atoms with Gasteiger partial charge in [-0.05, 0) is 163 Å². The second-order valence-corrected chi connectivity index (χ2v) is 16.9. The third kappa shape index (κ3) is 16.4. The molecule has 0 radical (unpaired) electrons. The average molecular weight is 801 g/mol. The van der Waals surface area contributed by atoms with Gasteiger partial charge in [-0.25, -0.2) is 19.6 Å². The van der Waals surface area contributed by atoms with E-state index in [0.717, 1.165) is 19.4 Å². The number of hydrogen-bond donors (Lipinski definition) is 0. The zero-order valence-electron chi connectivity index (χ0n) is 30.7. The van der Waals surface area contributed by atoms with Gasteiger partial charge in [-0.2, -0.15) is 0 Å². The summed E-state index contributed by atoms with van der Waals surface area (Å²) in [5, 5.41) is 0. The Bertz CT molecular complexity index is 1320. The monoisotopic (exact) mass is 798 g/mol. The summed E-state index contributed by atoms with van der Waals surface area (Å²) < 4.78 is 23.4. The minimum Gasteiger partial charge on any atom is -0.443 e. The molecule has 4 rings (SSSR count). The van der Waals surface area contributed by atoms with Crippen LogP contribution in [0.15, 0.2) is 45.6 Å². The van der Waals surface area contributed by atoms with Crippen LogP contribution < -0.4 is 9.80 Å². The van der Waals surface area contributed by atoms with Gasteiger partial charge in [-0.15, -0.1) is 0 Å². The standard InChI is InChI=1S/C18H27BrN2O3.C11H15BrN2O2.C7H14O/c1-17(2,3)24-16(22)21(15-8-6-7-14(19)20-15)12-13-9-10-23-18(4,5)11-13;1-11(2,3)16-10(15)14(4)9-7-5-6-8(12)13-9;1-7(2)5-3-4-6-8-7/h6-8,13H,9-12H2,1-5H3;5-7H,1-4H3;3-6H2,1-2H3. The van der Waals surface area contributed by atoms with Crippen LogP contribution in [0.25, 0.3) is 0 Å². The molecular weight excluding hydrogens is 744 g/mol. The van der Waals surface area contributed by atoms with E-state index in [1.165, 1.54) is 24.2 Å². The van der Waals surface area contributed by atoms with Crippen LogP contribution in [0.3, 0.4) is 0 Å². The van der Waals surface area contributed by atoms with Crippen molar-refractivity contribution in [2.24, 2.45) is 5.92 Å². The molecule has 2 aromatic rings. The summed E-state index contributed by atoms with van der Waals surface area (Å²) in [5.41, 5.74) is -1.03. The largest absolute Gasteiger partial charge is 0.443 e. The minimum absolute atomic E-state index is 0.160. The molecule has 1 atom stereocenters. The second-order valence-electron chi connectivity index (χ2n) is 15.3. The Morgan fingerprint density at radius 3 is 1.79 bits per heavy atom. The van der Waals surface area contributed by atoms with Crippen molar-refractivity contribution in [3.63, 3.8) is 0 Å². The summed E-state index contributed by atoms with van der Waals surface area (Å²) >= 11 is 6.63. The third-order valence-corrected chi connectivity index (χ3v) is 8.09. The van der Waals surface area contributed by atoms with Crippen molar-refractivity contribution >= 4 is 55.7 Å². The summed E-state index contributed by atoms with van der Waals surface area (Å²) in [5.74, 6) is 1.49. The lowest BCUT2D eigenvalue weighted by molar-refractivity contribution is -0.0710. The number of aromatic nitrogens is 2. The lowest BCUT2D eigenvalue weighted by Gasteiger charge is -2.37. The predicted octanol–water partition coefficient (Wildman–Crippen LogP) is 9.97. The average Bonchev–Trinajstić information content (AvgIpc) is 2.94. The Labute approximate surface area is 304 Å². The smallest absolute Gasteiger partial charge is 0.416 e. The van der Waals surface area contributed by atoms with Crippen LogP contribution >= 0.6 is 31.9 Å². The van der Waals surface area contributed by atoms with Gasteiger partial charge in [0.1, 0.15) is 32.0 Å². The molecule has 0 aromatic carbocycles. The number of halogens is 2. The molecule has 2 fully saturated rings. The van der Waals surface area contributed by atoms with Gasteiger partial charge < -0.3 is 18.9 Å². The summed E-state index contributed by atoms with van der Waals surface area (Å²) in [6, 6.07) is 10.9. The maximum Gasteiger partial charge on any atom is 0.416 e. The van der Waals surface area contributed by atoms with Crippen molar-refractivity contribution in [2.75, 3.05) is 36.6 Å². The highest BCUT2D eigenvalue weighted by molar-refractivity contribution is 9.10. The molecule has 270 valence electrons. The van der Waals surface area contributed by atoms with Crippen molar-refractivity contribution in [2.45, 2.75) is 124 Å². The molecule has 2 aliphatic rings. The molecule has 10 nitrogen and oxygen atoms in total. The quantitative estimate of drug-likeness (QED) is 0.282. The van der Waals surface area contributed by atoms with Crippen molar-refractivity contribution in [1.29, 1.82) is 0 Å². The number of anilines is 2. The molecule has 2 saturated heterocycles. The topological polar surface area (TPSA) is 103 Å². The highest BCUT2D eigenvalue weighted by Crippen LogP contribution is 2.31. The summed E-state index contributed by atoms with van der Waals surface area (Å²) in [6.45, 7) is 21.8. The number of hydrogen-bond acceptors (Lipinski definition) is 8. The third-order valence-electron chi connectivity index (χ3n) is 7.21. The Morgan fingerprint density at radius 1 is 0.812 bits per heavy atom. The Morgan fingerprint density at radius 2 is 1.33 bits per heavy atom. The normalized spacial score (nSPS) is 18.6. The molecule has 1 unspecified atom stereocenters. The number of pyridine rings is 2. The lowest BCUT2D eigenvalue weighted by atomic mass is 9.88. The second kappa shape index (κ2) is 18.1. The van der Waals surface area contributed by atoms with Crippen LogP contribution in [0, 0.1) is 5.92 Å². The van der Waals surface area contributed by atoms with Crippen molar-refractivity contribution in [3.05, 3.63) is 45.6 Å². The first-order chi connectivity index (χ1) is 22.1. The summed E-state index contributed by atoms with van der Waals surface area (Å²) in [7, 11) is 1.63. The van der Waals surface area contributed by atoms with E-state index in [2.05, 4.69) is 69.5 Å². The van der Waals surface area contributed by atoms with Crippen molar-refractivity contribution in [3.8, 4) is 0 Å². The SMILES string of the molecule is CC(C)(C)OC(=O)N(CC1CCOC(C)(C)C1)c1cccc(Br)n1.CC1(C)CCCCO1.CN(C(=O)OC(C)(C)C)c1cccc(Br)n1. The van der Waals surface area contributed by atoms with E-state index < -0.39 is 17.3 Å². The fourth-order valence-electron chi connectivity index (χ4n) is 4.98. The van der Waals surface area contributed by atoms with Gasteiger partial charge in [-0.3, -0.25) is 9.80 Å². The molecule has 0 saturated carbocycles. The van der Waals surface area contributed by atoms with Crippen LogP contribution in [-0.2, 0) is 18.9 Å². The molecule has 2 amide bonds. The molecular formula is C36H56Br2N4O6. The molecule has 12 heteroatoms.